The number of rotatable bonds is 2. The molecular formula is C16H20N2O2. The highest BCUT2D eigenvalue weighted by molar-refractivity contribution is 5.87. The van der Waals surface area contributed by atoms with Gasteiger partial charge in [0.15, 0.2) is 0 Å². The first-order chi connectivity index (χ1) is 9.69. The number of methoxy groups -OCH3 is 1. The van der Waals surface area contributed by atoms with Crippen LogP contribution < -0.4 is 10.3 Å². The molecule has 1 saturated heterocycles. The summed E-state index contributed by atoms with van der Waals surface area (Å²) in [6.45, 7) is 2.16. The molecule has 106 valence electrons. The normalized spacial score (nSPS) is 17.5. The van der Waals surface area contributed by atoms with Gasteiger partial charge in [0.05, 0.1) is 12.5 Å². The van der Waals surface area contributed by atoms with Crippen LogP contribution in [-0.4, -0.2) is 37.1 Å². The van der Waals surface area contributed by atoms with Crippen molar-refractivity contribution in [2.24, 2.45) is 0 Å². The minimum absolute atomic E-state index is 0.0182. The molecule has 3 rings (SSSR count). The number of benzene rings is 1. The molecule has 1 aromatic heterocycles. The summed E-state index contributed by atoms with van der Waals surface area (Å²) in [5.41, 5.74) is 1.02. The molecule has 1 fully saturated rings. The van der Waals surface area contributed by atoms with Crippen LogP contribution >= 0.6 is 0 Å². The van der Waals surface area contributed by atoms with E-state index in [0.717, 1.165) is 42.8 Å². The molecule has 0 bridgehead atoms. The largest absolute Gasteiger partial charge is 0.496 e. The first-order valence-electron chi connectivity index (χ1n) is 7.07. The minimum Gasteiger partial charge on any atom is -0.496 e. The molecule has 0 atom stereocenters. The van der Waals surface area contributed by atoms with E-state index in [4.69, 9.17) is 4.74 Å². The van der Waals surface area contributed by atoms with E-state index < -0.39 is 0 Å². The highest BCUT2D eigenvalue weighted by atomic mass is 16.5. The van der Waals surface area contributed by atoms with Crippen LogP contribution in [0, 0.1) is 0 Å². The predicted molar refractivity (Wildman–Crippen MR) is 80.6 cm³/mol. The van der Waals surface area contributed by atoms with Crippen LogP contribution in [0.2, 0.25) is 0 Å². The maximum absolute atomic E-state index is 12.3. The van der Waals surface area contributed by atoms with E-state index in [1.807, 2.05) is 18.2 Å². The zero-order chi connectivity index (χ0) is 14.1. The number of aromatic nitrogens is 1. The van der Waals surface area contributed by atoms with E-state index >= 15 is 0 Å². The monoisotopic (exact) mass is 272 g/mol. The van der Waals surface area contributed by atoms with Crippen molar-refractivity contribution in [3.63, 3.8) is 0 Å². The molecule has 0 amide bonds. The molecule has 1 aliphatic heterocycles. The van der Waals surface area contributed by atoms with Crippen LogP contribution in [0.15, 0.2) is 29.1 Å². The van der Waals surface area contributed by atoms with Crippen molar-refractivity contribution in [3.05, 3.63) is 40.3 Å². The van der Waals surface area contributed by atoms with E-state index in [0.29, 0.717) is 11.3 Å². The van der Waals surface area contributed by atoms with Gasteiger partial charge in [-0.1, -0.05) is 6.07 Å². The van der Waals surface area contributed by atoms with Gasteiger partial charge in [0.2, 0.25) is 0 Å². The van der Waals surface area contributed by atoms with Gasteiger partial charge in [0, 0.05) is 17.0 Å². The van der Waals surface area contributed by atoms with Gasteiger partial charge in [-0.25, -0.2) is 0 Å². The Morgan fingerprint density at radius 3 is 2.70 bits per heavy atom. The molecule has 2 heterocycles. The zero-order valence-corrected chi connectivity index (χ0v) is 12.0. The number of hydrogen-bond acceptors (Lipinski definition) is 3. The second-order valence-corrected chi connectivity index (χ2v) is 5.55. The number of likely N-dealkylation sites (tertiary alicyclic amines) is 1. The summed E-state index contributed by atoms with van der Waals surface area (Å²) in [7, 11) is 3.79. The Morgan fingerprint density at radius 1 is 1.25 bits per heavy atom. The first kappa shape index (κ1) is 13.2. The van der Waals surface area contributed by atoms with Crippen LogP contribution in [0.4, 0.5) is 0 Å². The zero-order valence-electron chi connectivity index (χ0n) is 12.0. The Kier molecular flexibility index (Phi) is 3.49. The summed E-state index contributed by atoms with van der Waals surface area (Å²) in [4.78, 5) is 17.6. The standard InChI is InChI=1S/C16H20N2O2/c1-18-8-6-11(7-9-18)14-10-13-12(16(19)17-14)4-3-5-15(13)20-2/h3-5,10-11H,6-9H2,1-2H3,(H,17,19). The minimum atomic E-state index is -0.0182. The molecule has 4 nitrogen and oxygen atoms in total. The summed E-state index contributed by atoms with van der Waals surface area (Å²) >= 11 is 0. The second-order valence-electron chi connectivity index (χ2n) is 5.55. The molecule has 0 radical (unpaired) electrons. The number of ether oxygens (including phenoxy) is 1. The van der Waals surface area contributed by atoms with Crippen LogP contribution in [-0.2, 0) is 0 Å². The fourth-order valence-electron chi connectivity index (χ4n) is 3.00. The van der Waals surface area contributed by atoms with Gasteiger partial charge in [-0.05, 0) is 51.2 Å². The summed E-state index contributed by atoms with van der Waals surface area (Å²) < 4.78 is 5.38. The summed E-state index contributed by atoms with van der Waals surface area (Å²) in [6, 6.07) is 7.69. The van der Waals surface area contributed by atoms with E-state index in [1.165, 1.54) is 0 Å². The SMILES string of the molecule is COc1cccc2c(=O)[nH]c(C3CCN(C)CC3)cc12. The predicted octanol–water partition coefficient (Wildman–Crippen LogP) is 2.35. The van der Waals surface area contributed by atoms with Crippen molar-refractivity contribution in [2.45, 2.75) is 18.8 Å². The summed E-state index contributed by atoms with van der Waals surface area (Å²) in [6.07, 6.45) is 2.18. The molecule has 0 spiro atoms. The Bertz CT molecular complexity index is 670. The average molecular weight is 272 g/mol. The van der Waals surface area contributed by atoms with E-state index in [9.17, 15) is 4.79 Å². The van der Waals surface area contributed by atoms with Crippen molar-refractivity contribution in [1.29, 1.82) is 0 Å². The Labute approximate surface area is 118 Å². The lowest BCUT2D eigenvalue weighted by molar-refractivity contribution is 0.253. The molecule has 1 N–H and O–H groups in total. The Hall–Kier alpha value is -1.81. The van der Waals surface area contributed by atoms with Gasteiger partial charge in [-0.2, -0.15) is 0 Å². The fourth-order valence-corrected chi connectivity index (χ4v) is 3.00. The first-order valence-corrected chi connectivity index (χ1v) is 7.07. The highest BCUT2D eigenvalue weighted by Crippen LogP contribution is 2.29. The van der Waals surface area contributed by atoms with Crippen molar-refractivity contribution in [3.8, 4) is 5.75 Å². The van der Waals surface area contributed by atoms with Gasteiger partial charge in [-0.15, -0.1) is 0 Å². The number of aromatic amines is 1. The van der Waals surface area contributed by atoms with Crippen molar-refractivity contribution < 1.29 is 4.74 Å². The fraction of sp³-hybridized carbons (Fsp3) is 0.438. The third-order valence-corrected chi connectivity index (χ3v) is 4.25. The maximum Gasteiger partial charge on any atom is 0.256 e. The van der Waals surface area contributed by atoms with Crippen LogP contribution in [0.3, 0.4) is 0 Å². The molecule has 0 saturated carbocycles. The second kappa shape index (κ2) is 5.29. The van der Waals surface area contributed by atoms with Crippen molar-refractivity contribution in [1.82, 2.24) is 9.88 Å². The molecule has 1 aromatic carbocycles. The summed E-state index contributed by atoms with van der Waals surface area (Å²) in [5.74, 6) is 1.20. The maximum atomic E-state index is 12.3. The van der Waals surface area contributed by atoms with E-state index in [-0.39, 0.29) is 5.56 Å². The Balaban J connectivity index is 2.07. The van der Waals surface area contributed by atoms with Gasteiger partial charge >= 0.3 is 0 Å². The molecule has 2 aromatic rings. The Morgan fingerprint density at radius 2 is 2.00 bits per heavy atom. The topological polar surface area (TPSA) is 45.3 Å². The lowest BCUT2D eigenvalue weighted by Crippen LogP contribution is -2.30. The number of nitrogens with zero attached hydrogens (tertiary/aromatic N) is 1. The molecule has 20 heavy (non-hydrogen) atoms. The van der Waals surface area contributed by atoms with Crippen LogP contribution in [0.25, 0.3) is 10.8 Å². The van der Waals surface area contributed by atoms with Crippen LogP contribution in [0.5, 0.6) is 5.75 Å². The number of H-pyrrole nitrogens is 1. The lowest BCUT2D eigenvalue weighted by Gasteiger charge is -2.29. The highest BCUT2D eigenvalue weighted by Gasteiger charge is 2.20. The van der Waals surface area contributed by atoms with Crippen LogP contribution in [0.1, 0.15) is 24.5 Å². The van der Waals surface area contributed by atoms with E-state index in [1.54, 1.807) is 7.11 Å². The molecule has 1 aliphatic rings. The quantitative estimate of drug-likeness (QED) is 0.912. The number of piperidine rings is 1. The van der Waals surface area contributed by atoms with E-state index in [2.05, 4.69) is 23.0 Å². The van der Waals surface area contributed by atoms with Gasteiger partial charge < -0.3 is 14.6 Å². The number of nitrogens with one attached hydrogen (secondary N) is 1. The summed E-state index contributed by atoms with van der Waals surface area (Å²) in [5, 5.41) is 1.61. The third kappa shape index (κ3) is 2.31. The smallest absolute Gasteiger partial charge is 0.256 e. The third-order valence-electron chi connectivity index (χ3n) is 4.25. The molecule has 4 heteroatoms. The number of fused-ring (bicyclic) bond motifs is 1. The lowest BCUT2D eigenvalue weighted by atomic mass is 9.92. The van der Waals surface area contributed by atoms with Crippen molar-refractivity contribution in [2.75, 3.05) is 27.2 Å². The van der Waals surface area contributed by atoms with Gasteiger partial charge in [-0.3, -0.25) is 4.79 Å². The number of pyridine rings is 1. The van der Waals surface area contributed by atoms with Gasteiger partial charge in [0.25, 0.3) is 5.56 Å². The average Bonchev–Trinajstić information content (AvgIpc) is 2.47. The van der Waals surface area contributed by atoms with Crippen molar-refractivity contribution >= 4 is 10.8 Å². The number of hydrogen-bond donors (Lipinski definition) is 1. The molecule has 0 aliphatic carbocycles. The molecular weight excluding hydrogens is 252 g/mol. The van der Waals surface area contributed by atoms with Gasteiger partial charge in [0.1, 0.15) is 5.75 Å². The molecule has 0 unspecified atom stereocenters.